The van der Waals surface area contributed by atoms with Gasteiger partial charge in [-0.25, -0.2) is 4.79 Å². The number of thioether (sulfide) groups is 1. The molecule has 0 aliphatic carbocycles. The zero-order valence-electron chi connectivity index (χ0n) is 32.3. The summed E-state index contributed by atoms with van der Waals surface area (Å²) in [4.78, 5) is 78.6. The van der Waals surface area contributed by atoms with Crippen molar-refractivity contribution in [3.8, 4) is 0 Å². The van der Waals surface area contributed by atoms with Crippen molar-refractivity contribution in [1.82, 2.24) is 30.7 Å². The zero-order valence-corrected chi connectivity index (χ0v) is 33.9. The van der Waals surface area contributed by atoms with E-state index in [-0.39, 0.29) is 50.2 Å². The predicted molar refractivity (Wildman–Crippen MR) is 217 cm³/mol. The second-order valence-corrected chi connectivity index (χ2v) is 15.5. The van der Waals surface area contributed by atoms with Gasteiger partial charge in [0.25, 0.3) is 0 Å². The Morgan fingerprint density at radius 1 is 0.804 bits per heavy atom. The lowest BCUT2D eigenvalue weighted by Crippen LogP contribution is -2.57. The Kier molecular flexibility index (Phi) is 21.7. The first-order valence-corrected chi connectivity index (χ1v) is 20.4. The summed E-state index contributed by atoms with van der Waals surface area (Å²) in [5.41, 5.74) is 6.96. The molecular formula is C36H58N8O10S2. The highest BCUT2D eigenvalue weighted by atomic mass is 32.2. The Hall–Kier alpha value is -4.08. The summed E-state index contributed by atoms with van der Waals surface area (Å²) in [5, 5.41) is 49.8. The molecule has 0 aromatic heterocycles. The highest BCUT2D eigenvalue weighted by Gasteiger charge is 2.31. The molecule has 2 amide bonds. The van der Waals surface area contributed by atoms with Crippen LogP contribution >= 0.6 is 24.0 Å². The fraction of sp³-hybridized carbons (Fsp3) is 0.639. The zero-order chi connectivity index (χ0) is 41.8. The smallest absolute Gasteiger partial charge is 0.326 e. The Labute approximate surface area is 337 Å². The molecule has 18 nitrogen and oxygen atoms in total. The number of carboxylic acids is 4. The Balaban J connectivity index is 2.16. The number of unbranched alkanes of at least 4 members (excludes halogenated alkanes) is 1. The van der Waals surface area contributed by atoms with Crippen LogP contribution in [-0.4, -0.2) is 171 Å². The fourth-order valence-electron chi connectivity index (χ4n) is 6.24. The van der Waals surface area contributed by atoms with Gasteiger partial charge in [0.2, 0.25) is 11.8 Å². The van der Waals surface area contributed by atoms with Crippen LogP contribution in [-0.2, 0) is 35.2 Å². The number of hydrogen-bond acceptors (Lipinski definition) is 12. The van der Waals surface area contributed by atoms with Crippen LogP contribution in [0.1, 0.15) is 45.1 Å². The van der Waals surface area contributed by atoms with E-state index in [9.17, 15) is 49.2 Å². The Morgan fingerprint density at radius 2 is 1.41 bits per heavy atom. The minimum atomic E-state index is -1.17. The largest absolute Gasteiger partial charge is 0.480 e. The van der Waals surface area contributed by atoms with Gasteiger partial charge in [0, 0.05) is 44.5 Å². The predicted octanol–water partition coefficient (Wildman–Crippen LogP) is 0.0184. The molecule has 1 heterocycles. The fourth-order valence-corrected chi connectivity index (χ4v) is 6.97. The summed E-state index contributed by atoms with van der Waals surface area (Å²) in [6, 6.07) is 3.87. The number of thiocarbonyl (C=S) groups is 1. The molecule has 1 aromatic carbocycles. The van der Waals surface area contributed by atoms with Crippen LogP contribution < -0.4 is 27.0 Å². The molecule has 1 aliphatic heterocycles. The third-order valence-electron chi connectivity index (χ3n) is 9.20. The van der Waals surface area contributed by atoms with Gasteiger partial charge in [0.1, 0.15) is 18.1 Å². The van der Waals surface area contributed by atoms with Crippen molar-refractivity contribution in [1.29, 1.82) is 0 Å². The minimum Gasteiger partial charge on any atom is -0.480 e. The average molecular weight is 827 g/mol. The number of hydrogen-bond donors (Lipinski definition) is 9. The summed E-state index contributed by atoms with van der Waals surface area (Å²) in [6.45, 7) is 4.50. The normalized spacial score (nSPS) is 17.3. The number of carbonyl (C=O) groups excluding carboxylic acids is 2. The van der Waals surface area contributed by atoms with Gasteiger partial charge in [0.05, 0.1) is 19.6 Å². The number of amides is 2. The summed E-state index contributed by atoms with van der Waals surface area (Å²) in [5.74, 6) is -5.13. The molecule has 20 heteroatoms. The number of anilines is 1. The van der Waals surface area contributed by atoms with Crippen molar-refractivity contribution in [3.05, 3.63) is 29.8 Å². The number of carbonyl (C=O) groups is 6. The lowest BCUT2D eigenvalue weighted by Gasteiger charge is -2.33. The monoisotopic (exact) mass is 826 g/mol. The van der Waals surface area contributed by atoms with E-state index in [0.29, 0.717) is 63.3 Å². The van der Waals surface area contributed by atoms with E-state index in [1.54, 1.807) is 40.7 Å². The van der Waals surface area contributed by atoms with Crippen LogP contribution in [0.25, 0.3) is 0 Å². The molecule has 10 N–H and O–H groups in total. The van der Waals surface area contributed by atoms with E-state index in [4.69, 9.17) is 18.0 Å². The third-order valence-corrected chi connectivity index (χ3v) is 10.1. The van der Waals surface area contributed by atoms with E-state index >= 15 is 0 Å². The van der Waals surface area contributed by atoms with E-state index in [2.05, 4.69) is 21.3 Å². The van der Waals surface area contributed by atoms with Crippen LogP contribution in [0.2, 0.25) is 0 Å². The van der Waals surface area contributed by atoms with Crippen molar-refractivity contribution in [2.24, 2.45) is 11.7 Å². The number of nitrogens with zero attached hydrogens (tertiary/aromatic N) is 3. The van der Waals surface area contributed by atoms with Crippen LogP contribution in [0.4, 0.5) is 5.69 Å². The third kappa shape index (κ3) is 18.2. The number of benzene rings is 1. The summed E-state index contributed by atoms with van der Waals surface area (Å²) >= 11 is 7.09. The SMILES string of the molecule is CSCCC(NC(=S)Nc1ccc(CC2CN(CC(=O)O)CCN(CC(=O)O)CCN2CC(=O)O)cc1)C(=O)NC(C(=O)NC(CCCCN)C(=O)O)C(C)C. The maximum atomic E-state index is 13.5. The van der Waals surface area contributed by atoms with E-state index in [1.165, 1.54) is 11.8 Å². The first-order chi connectivity index (χ1) is 26.5. The maximum Gasteiger partial charge on any atom is 0.326 e. The molecule has 4 unspecified atom stereocenters. The van der Waals surface area contributed by atoms with Crippen LogP contribution in [0, 0.1) is 5.92 Å². The second kappa shape index (κ2) is 25.2. The lowest BCUT2D eigenvalue weighted by molar-refractivity contribution is -0.142. The van der Waals surface area contributed by atoms with Gasteiger partial charge in [-0.3, -0.25) is 38.7 Å². The minimum absolute atomic E-state index is 0.148. The van der Waals surface area contributed by atoms with Crippen molar-refractivity contribution in [3.63, 3.8) is 0 Å². The van der Waals surface area contributed by atoms with Crippen LogP contribution in [0.3, 0.4) is 0 Å². The molecule has 4 atom stereocenters. The molecule has 0 spiro atoms. The molecule has 1 aliphatic rings. The van der Waals surface area contributed by atoms with Gasteiger partial charge >= 0.3 is 23.9 Å². The Bertz CT molecular complexity index is 1470. The van der Waals surface area contributed by atoms with Crippen molar-refractivity contribution >= 4 is 70.5 Å². The van der Waals surface area contributed by atoms with E-state index < -0.39 is 59.9 Å². The van der Waals surface area contributed by atoms with Gasteiger partial charge in [-0.2, -0.15) is 11.8 Å². The number of aliphatic carboxylic acids is 4. The van der Waals surface area contributed by atoms with Gasteiger partial charge < -0.3 is 47.4 Å². The highest BCUT2D eigenvalue weighted by molar-refractivity contribution is 7.98. The first kappa shape index (κ1) is 48.1. The molecule has 1 fully saturated rings. The lowest BCUT2D eigenvalue weighted by atomic mass is 10.0. The molecule has 2 rings (SSSR count). The molecule has 0 bridgehead atoms. The standard InChI is InChI=1S/C36H58N8O10S2/c1-23(2)32(34(52)39-28(35(53)54)6-4-5-12-37)41-33(51)27(11-17-56-3)40-36(55)38-25-9-7-24(8-10-25)18-26-19-43(21-30(47)48)14-13-42(20-29(45)46)15-16-44(26)22-31(49)50/h7-10,23,26-28,32H,4-6,11-22,37H2,1-3H3,(H,39,52)(H,41,51)(H,45,46)(H,47,48)(H,49,50)(H,53,54)(H2,38,40,55). The molecule has 0 saturated carbocycles. The van der Waals surface area contributed by atoms with E-state index in [1.807, 2.05) is 18.4 Å². The van der Waals surface area contributed by atoms with Crippen molar-refractivity contribution < 1.29 is 49.2 Å². The second-order valence-electron chi connectivity index (χ2n) is 14.1. The summed E-state index contributed by atoms with van der Waals surface area (Å²) in [6.07, 6.45) is 4.00. The molecular weight excluding hydrogens is 769 g/mol. The number of nitrogens with one attached hydrogen (secondary N) is 4. The van der Waals surface area contributed by atoms with Gasteiger partial charge in [-0.05, 0) is 86.5 Å². The average Bonchev–Trinajstić information content (AvgIpc) is 3.18. The Morgan fingerprint density at radius 3 is 1.98 bits per heavy atom. The quantitative estimate of drug-likeness (QED) is 0.0520. The van der Waals surface area contributed by atoms with Gasteiger partial charge in [-0.15, -0.1) is 0 Å². The molecule has 314 valence electrons. The number of carboxylic acid groups (broad SMARTS) is 4. The van der Waals surface area contributed by atoms with Gasteiger partial charge in [0.15, 0.2) is 5.11 Å². The molecule has 56 heavy (non-hydrogen) atoms. The number of rotatable bonds is 23. The van der Waals surface area contributed by atoms with Gasteiger partial charge in [-0.1, -0.05) is 26.0 Å². The maximum absolute atomic E-state index is 13.5. The summed E-state index contributed by atoms with van der Waals surface area (Å²) in [7, 11) is 0. The molecule has 0 radical (unpaired) electrons. The van der Waals surface area contributed by atoms with E-state index in [0.717, 1.165) is 5.56 Å². The molecule has 1 aromatic rings. The van der Waals surface area contributed by atoms with Crippen LogP contribution in [0.15, 0.2) is 24.3 Å². The first-order valence-electron chi connectivity index (χ1n) is 18.6. The summed E-state index contributed by atoms with van der Waals surface area (Å²) < 4.78 is 0. The topological polar surface area (TPSA) is 267 Å². The van der Waals surface area contributed by atoms with Crippen molar-refractivity contribution in [2.75, 3.05) is 76.2 Å². The number of nitrogens with two attached hydrogens (primary N) is 1. The van der Waals surface area contributed by atoms with Crippen molar-refractivity contribution in [2.45, 2.75) is 70.1 Å². The molecule has 1 saturated heterocycles. The highest BCUT2D eigenvalue weighted by Crippen LogP contribution is 2.17. The van der Waals surface area contributed by atoms with Crippen LogP contribution in [0.5, 0.6) is 0 Å².